The number of allylic oxidation sites excluding steroid dienone is 1. The van der Waals surface area contributed by atoms with Crippen molar-refractivity contribution in [1.29, 1.82) is 0 Å². The summed E-state index contributed by atoms with van der Waals surface area (Å²) in [6.45, 7) is -0.707. The number of ketones is 1. The number of amides is 3. The van der Waals surface area contributed by atoms with Gasteiger partial charge in [0, 0.05) is 42.2 Å². The van der Waals surface area contributed by atoms with Crippen LogP contribution in [0.3, 0.4) is 0 Å². The number of furan rings is 1. The van der Waals surface area contributed by atoms with Crippen LogP contribution in [0.25, 0.3) is 22.3 Å². The summed E-state index contributed by atoms with van der Waals surface area (Å²) < 4.78 is 47.7. The average Bonchev–Trinajstić information content (AvgIpc) is 3.77. The number of hydrogen-bond acceptors (Lipinski definition) is 9. The summed E-state index contributed by atoms with van der Waals surface area (Å²) in [5, 5.41) is 26.9. The minimum absolute atomic E-state index is 0.0481. The van der Waals surface area contributed by atoms with Crippen LogP contribution in [0.5, 0.6) is 0 Å². The standard InChI is InChI=1S/C39H39FN4O10S/c1-41-36(48)34-28-17-27(23-8-9-23)29(18-32(28)54-35(34)24-10-12-26(40)13-11-24)44(55(2,52)53)21-33(47)43-39(14-3-4-15-39)38(51)42-20-22-6-5-7-25(16-22)30(45)19-31(46)37(49)50/h5-7,10-13,16-19,23,46H,3-4,8-9,14-15,20-21H2,1-2H3,(H,41,48)(H,42,51)(H,43,47)(H,49,50)/b31-19-. The highest BCUT2D eigenvalue weighted by molar-refractivity contribution is 7.92. The normalized spacial score (nSPS) is 15.4. The van der Waals surface area contributed by atoms with Crippen LogP contribution in [-0.4, -0.2) is 73.5 Å². The lowest BCUT2D eigenvalue weighted by Crippen LogP contribution is -2.58. The summed E-state index contributed by atoms with van der Waals surface area (Å²) in [5.74, 6) is -5.57. The molecule has 1 heterocycles. The zero-order valence-corrected chi connectivity index (χ0v) is 30.8. The van der Waals surface area contributed by atoms with Crippen molar-refractivity contribution in [3.8, 4) is 11.3 Å². The minimum Gasteiger partial charge on any atom is -0.502 e. The topological polar surface area (TPSA) is 212 Å². The highest BCUT2D eigenvalue weighted by atomic mass is 32.2. The first-order valence-corrected chi connectivity index (χ1v) is 19.4. The molecular weight excluding hydrogens is 736 g/mol. The van der Waals surface area contributed by atoms with Gasteiger partial charge in [-0.3, -0.25) is 23.5 Å². The van der Waals surface area contributed by atoms with Gasteiger partial charge in [0.05, 0.1) is 17.5 Å². The molecule has 0 spiro atoms. The molecule has 14 nitrogen and oxygen atoms in total. The second kappa shape index (κ2) is 15.4. The van der Waals surface area contributed by atoms with E-state index >= 15 is 0 Å². The third-order valence-electron chi connectivity index (χ3n) is 9.79. The number of carbonyl (C=O) groups is 5. The number of hydrogen-bond donors (Lipinski definition) is 5. The largest absolute Gasteiger partial charge is 0.502 e. The number of nitrogens with one attached hydrogen (secondary N) is 3. The van der Waals surface area contributed by atoms with Crippen molar-refractivity contribution in [1.82, 2.24) is 16.0 Å². The Balaban J connectivity index is 1.26. The molecule has 288 valence electrons. The van der Waals surface area contributed by atoms with Crippen LogP contribution in [0, 0.1) is 5.82 Å². The Kier molecular flexibility index (Phi) is 10.8. The highest BCUT2D eigenvalue weighted by Gasteiger charge is 2.43. The predicted octanol–water partition coefficient (Wildman–Crippen LogP) is 4.70. The van der Waals surface area contributed by atoms with Crippen LogP contribution in [-0.2, 0) is 31.0 Å². The van der Waals surface area contributed by atoms with Crippen LogP contribution >= 0.6 is 0 Å². The van der Waals surface area contributed by atoms with Crippen molar-refractivity contribution in [2.24, 2.45) is 0 Å². The van der Waals surface area contributed by atoms with Gasteiger partial charge in [-0.15, -0.1) is 0 Å². The molecule has 2 saturated carbocycles. The number of nitrogens with zero attached hydrogens (tertiary/aromatic N) is 1. The van der Waals surface area contributed by atoms with Crippen LogP contribution < -0.4 is 20.3 Å². The third kappa shape index (κ3) is 8.38. The number of anilines is 1. The minimum atomic E-state index is -4.11. The molecular formula is C39H39FN4O10S. The lowest BCUT2D eigenvalue weighted by molar-refractivity contribution is -0.135. The molecule has 3 aromatic carbocycles. The third-order valence-corrected chi connectivity index (χ3v) is 10.9. The molecule has 0 atom stereocenters. The molecule has 0 saturated heterocycles. The summed E-state index contributed by atoms with van der Waals surface area (Å²) in [6.07, 6.45) is 4.89. The number of aliphatic hydroxyl groups excluding tert-OH is 1. The molecule has 5 N–H and O–H groups in total. The van der Waals surface area contributed by atoms with Crippen molar-refractivity contribution in [3.05, 3.63) is 101 Å². The number of rotatable bonds is 14. The fourth-order valence-corrected chi connectivity index (χ4v) is 7.77. The lowest BCUT2D eigenvalue weighted by Gasteiger charge is -2.31. The van der Waals surface area contributed by atoms with Crippen molar-refractivity contribution >= 4 is 56.2 Å². The van der Waals surface area contributed by atoms with Crippen molar-refractivity contribution < 1.29 is 51.4 Å². The SMILES string of the molecule is CNC(=O)c1c(-c2ccc(F)cc2)oc2cc(N(CC(=O)NC3(C(=O)NCc4cccc(C(=O)/C=C(\O)C(=O)O)c4)CCCC3)S(C)(=O)=O)c(C3CC3)cc12. The van der Waals surface area contributed by atoms with Crippen molar-refractivity contribution in [2.75, 3.05) is 24.2 Å². The molecule has 4 aromatic rings. The zero-order valence-electron chi connectivity index (χ0n) is 30.0. The van der Waals surface area contributed by atoms with E-state index in [0.29, 0.717) is 53.8 Å². The van der Waals surface area contributed by atoms with Crippen LogP contribution in [0.15, 0.2) is 76.9 Å². The summed E-state index contributed by atoms with van der Waals surface area (Å²) in [6, 6.07) is 14.6. The number of carboxylic acid groups (broad SMARTS) is 1. The lowest BCUT2D eigenvalue weighted by atomic mass is 9.95. The summed E-state index contributed by atoms with van der Waals surface area (Å²) >= 11 is 0. The van der Waals surface area contributed by atoms with Gasteiger partial charge >= 0.3 is 5.97 Å². The van der Waals surface area contributed by atoms with E-state index in [4.69, 9.17) is 9.52 Å². The summed E-state index contributed by atoms with van der Waals surface area (Å²) in [7, 11) is -2.64. The molecule has 3 amide bonds. The maximum absolute atomic E-state index is 13.8. The van der Waals surface area contributed by atoms with E-state index < -0.39 is 63.2 Å². The molecule has 1 aromatic heterocycles. The number of carbonyl (C=O) groups excluding carboxylic acids is 4. The molecule has 16 heteroatoms. The second-order valence-corrected chi connectivity index (χ2v) is 15.7. The fourth-order valence-electron chi connectivity index (χ4n) is 6.90. The molecule has 0 bridgehead atoms. The zero-order chi connectivity index (χ0) is 39.7. The van der Waals surface area contributed by atoms with E-state index in [2.05, 4.69) is 16.0 Å². The molecule has 2 fully saturated rings. The van der Waals surface area contributed by atoms with E-state index in [0.717, 1.165) is 23.4 Å². The summed E-state index contributed by atoms with van der Waals surface area (Å²) in [5.41, 5.74) is 0.834. The Morgan fingerprint density at radius 3 is 2.31 bits per heavy atom. The molecule has 0 aliphatic heterocycles. The molecule has 55 heavy (non-hydrogen) atoms. The van der Waals surface area contributed by atoms with Gasteiger partial charge in [0.2, 0.25) is 27.6 Å². The van der Waals surface area contributed by atoms with E-state index in [1.54, 1.807) is 12.1 Å². The predicted molar refractivity (Wildman–Crippen MR) is 199 cm³/mol. The van der Waals surface area contributed by atoms with Crippen LogP contribution in [0.4, 0.5) is 10.1 Å². The van der Waals surface area contributed by atoms with E-state index in [1.807, 2.05) is 0 Å². The number of benzene rings is 3. The number of fused-ring (bicyclic) bond motifs is 1. The van der Waals surface area contributed by atoms with Gasteiger partial charge < -0.3 is 30.6 Å². The van der Waals surface area contributed by atoms with Crippen LogP contribution in [0.2, 0.25) is 0 Å². The van der Waals surface area contributed by atoms with E-state index in [1.165, 1.54) is 55.6 Å². The fraction of sp³-hybridized carbons (Fsp3) is 0.308. The van der Waals surface area contributed by atoms with E-state index in [-0.39, 0.29) is 40.6 Å². The quantitative estimate of drug-likeness (QED) is 0.0677. The maximum Gasteiger partial charge on any atom is 0.371 e. The first-order valence-electron chi connectivity index (χ1n) is 17.5. The van der Waals surface area contributed by atoms with Gasteiger partial charge in [-0.2, -0.15) is 0 Å². The first kappa shape index (κ1) is 38.7. The van der Waals surface area contributed by atoms with Crippen molar-refractivity contribution in [2.45, 2.75) is 56.5 Å². The van der Waals surface area contributed by atoms with Gasteiger partial charge in [0.1, 0.15) is 29.2 Å². The highest BCUT2D eigenvalue weighted by Crippen LogP contribution is 2.48. The second-order valence-electron chi connectivity index (χ2n) is 13.8. The van der Waals surface area contributed by atoms with Crippen LogP contribution in [0.1, 0.15) is 76.3 Å². The Morgan fingerprint density at radius 1 is 1.00 bits per heavy atom. The van der Waals surface area contributed by atoms with Gasteiger partial charge in [0.15, 0.2) is 5.78 Å². The summed E-state index contributed by atoms with van der Waals surface area (Å²) in [4.78, 5) is 64.0. The average molecular weight is 775 g/mol. The van der Waals surface area contributed by atoms with Gasteiger partial charge in [-0.25, -0.2) is 17.6 Å². The van der Waals surface area contributed by atoms with Gasteiger partial charge in [0.25, 0.3) is 5.91 Å². The number of carboxylic acids is 1. The first-order chi connectivity index (χ1) is 26.1. The number of aliphatic hydroxyl groups is 1. The molecule has 0 radical (unpaired) electrons. The Hall–Kier alpha value is -6.03. The number of aliphatic carboxylic acids is 1. The molecule has 2 aliphatic carbocycles. The molecule has 0 unspecified atom stereocenters. The molecule has 2 aliphatic rings. The Morgan fingerprint density at radius 2 is 1.69 bits per heavy atom. The monoisotopic (exact) mass is 774 g/mol. The Bertz CT molecular complexity index is 2340. The van der Waals surface area contributed by atoms with Gasteiger partial charge in [-0.1, -0.05) is 31.0 Å². The van der Waals surface area contributed by atoms with Gasteiger partial charge in [-0.05, 0) is 79.1 Å². The van der Waals surface area contributed by atoms with Crippen molar-refractivity contribution in [3.63, 3.8) is 0 Å². The maximum atomic E-state index is 13.8. The molecule has 6 rings (SSSR count). The smallest absolute Gasteiger partial charge is 0.371 e. The van der Waals surface area contributed by atoms with E-state index in [9.17, 15) is 41.9 Å². The number of halogens is 1. The Labute approximate surface area is 315 Å². The number of sulfonamides is 1.